The van der Waals surface area contributed by atoms with E-state index in [-0.39, 0.29) is 0 Å². The normalized spacial score (nSPS) is 11.1. The maximum absolute atomic E-state index is 5.65. The minimum absolute atomic E-state index is 0.859. The maximum Gasteiger partial charge on any atom is 0.103 e. The van der Waals surface area contributed by atoms with Gasteiger partial charge in [-0.2, -0.15) is 0 Å². The maximum atomic E-state index is 5.65. The average Bonchev–Trinajstić information content (AvgIpc) is 2.97. The minimum Gasteiger partial charge on any atom is -0.469 e. The summed E-state index contributed by atoms with van der Waals surface area (Å²) in [5, 5.41) is 0. The molecule has 116 valence electrons. The van der Waals surface area contributed by atoms with Gasteiger partial charge in [0.05, 0.1) is 6.26 Å². The Balaban J connectivity index is 1.70. The second-order valence-corrected chi connectivity index (χ2v) is 5.62. The van der Waals surface area contributed by atoms with Gasteiger partial charge in [-0.25, -0.2) is 0 Å². The molecule has 0 saturated heterocycles. The van der Waals surface area contributed by atoms with Gasteiger partial charge in [0, 0.05) is 19.6 Å². The zero-order chi connectivity index (χ0) is 14.3. The Bertz CT molecular complexity index is 280. The number of aryl methyl sites for hydroxylation is 1. The third-order valence-corrected chi connectivity index (χ3v) is 3.68. The second kappa shape index (κ2) is 13.2. The predicted molar refractivity (Wildman–Crippen MR) is 85.1 cm³/mol. The summed E-state index contributed by atoms with van der Waals surface area (Å²) in [6.45, 7) is 4.06. The zero-order valence-electron chi connectivity index (χ0n) is 13.2. The zero-order valence-corrected chi connectivity index (χ0v) is 13.2. The standard InChI is InChI=1S/C18H32O2/c1-2-3-4-5-6-7-8-9-10-15-19-16-11-13-18-14-12-17-20-18/h12,14,17H,2-11,13,15-16H2,1H3. The lowest BCUT2D eigenvalue weighted by Crippen LogP contribution is -1.98. The summed E-state index contributed by atoms with van der Waals surface area (Å²) >= 11 is 0. The van der Waals surface area contributed by atoms with Crippen LogP contribution >= 0.6 is 0 Å². The van der Waals surface area contributed by atoms with E-state index in [1.54, 1.807) is 6.26 Å². The van der Waals surface area contributed by atoms with E-state index in [0.29, 0.717) is 0 Å². The lowest BCUT2D eigenvalue weighted by Gasteiger charge is -2.04. The van der Waals surface area contributed by atoms with Crippen LogP contribution in [-0.4, -0.2) is 13.2 Å². The molecule has 20 heavy (non-hydrogen) atoms. The Hall–Kier alpha value is -0.760. The van der Waals surface area contributed by atoms with Crippen LogP contribution < -0.4 is 0 Å². The summed E-state index contributed by atoms with van der Waals surface area (Å²) in [7, 11) is 0. The summed E-state index contributed by atoms with van der Waals surface area (Å²) in [5.41, 5.74) is 0. The number of unbranched alkanes of at least 4 members (excludes halogenated alkanes) is 8. The van der Waals surface area contributed by atoms with Gasteiger partial charge in [-0.15, -0.1) is 0 Å². The van der Waals surface area contributed by atoms with Crippen LogP contribution in [-0.2, 0) is 11.2 Å². The van der Waals surface area contributed by atoms with Gasteiger partial charge >= 0.3 is 0 Å². The van der Waals surface area contributed by atoms with Gasteiger partial charge in [0.15, 0.2) is 0 Å². The third kappa shape index (κ3) is 10.1. The highest BCUT2D eigenvalue weighted by Gasteiger charge is 1.96. The van der Waals surface area contributed by atoms with Crippen molar-refractivity contribution in [2.75, 3.05) is 13.2 Å². The first kappa shape index (κ1) is 17.3. The largest absolute Gasteiger partial charge is 0.469 e. The summed E-state index contributed by atoms with van der Waals surface area (Å²) in [4.78, 5) is 0. The fourth-order valence-corrected chi connectivity index (χ4v) is 2.42. The first-order chi connectivity index (χ1) is 9.93. The van der Waals surface area contributed by atoms with E-state index < -0.39 is 0 Å². The Morgan fingerprint density at radius 2 is 1.50 bits per heavy atom. The fourth-order valence-electron chi connectivity index (χ4n) is 2.42. The van der Waals surface area contributed by atoms with Crippen molar-refractivity contribution in [2.45, 2.75) is 77.6 Å². The fraction of sp³-hybridized carbons (Fsp3) is 0.778. The lowest BCUT2D eigenvalue weighted by molar-refractivity contribution is 0.126. The molecule has 1 aromatic heterocycles. The van der Waals surface area contributed by atoms with E-state index >= 15 is 0 Å². The SMILES string of the molecule is CCCCCCCCCCCOCCCc1ccco1. The molecule has 0 atom stereocenters. The molecule has 0 radical (unpaired) electrons. The molecule has 1 aromatic rings. The molecule has 1 rings (SSSR count). The summed E-state index contributed by atoms with van der Waals surface area (Å²) in [5.74, 6) is 1.07. The van der Waals surface area contributed by atoms with Crippen LogP contribution in [0.25, 0.3) is 0 Å². The average molecular weight is 280 g/mol. The molecule has 0 aliphatic rings. The number of hydrogen-bond acceptors (Lipinski definition) is 2. The topological polar surface area (TPSA) is 22.4 Å². The van der Waals surface area contributed by atoms with Gasteiger partial charge in [0.2, 0.25) is 0 Å². The van der Waals surface area contributed by atoms with Gasteiger partial charge in [-0.3, -0.25) is 0 Å². The number of hydrogen-bond donors (Lipinski definition) is 0. The lowest BCUT2D eigenvalue weighted by atomic mass is 10.1. The molecular formula is C18H32O2. The van der Waals surface area contributed by atoms with Crippen LogP contribution in [0.1, 0.15) is 76.9 Å². The first-order valence-corrected chi connectivity index (χ1v) is 8.53. The van der Waals surface area contributed by atoms with Crippen molar-refractivity contribution < 1.29 is 9.15 Å². The van der Waals surface area contributed by atoms with E-state index in [2.05, 4.69) is 6.92 Å². The quantitative estimate of drug-likeness (QED) is 0.404. The van der Waals surface area contributed by atoms with Gasteiger partial charge in [-0.1, -0.05) is 58.3 Å². The van der Waals surface area contributed by atoms with Crippen molar-refractivity contribution in [3.63, 3.8) is 0 Å². The van der Waals surface area contributed by atoms with Crippen molar-refractivity contribution in [3.05, 3.63) is 24.2 Å². The van der Waals surface area contributed by atoms with Crippen LogP contribution in [0.2, 0.25) is 0 Å². The molecule has 2 nitrogen and oxygen atoms in total. The molecule has 0 aliphatic heterocycles. The second-order valence-electron chi connectivity index (χ2n) is 5.62. The molecule has 2 heteroatoms. The number of rotatable bonds is 14. The van der Waals surface area contributed by atoms with Crippen molar-refractivity contribution in [2.24, 2.45) is 0 Å². The van der Waals surface area contributed by atoms with Crippen LogP contribution in [0, 0.1) is 0 Å². The molecule has 1 heterocycles. The summed E-state index contributed by atoms with van der Waals surface area (Å²) < 4.78 is 10.9. The van der Waals surface area contributed by atoms with Gasteiger partial charge in [0.25, 0.3) is 0 Å². The summed E-state index contributed by atoms with van der Waals surface area (Å²) in [6, 6.07) is 3.97. The Morgan fingerprint density at radius 1 is 0.850 bits per heavy atom. The molecular weight excluding hydrogens is 248 g/mol. The van der Waals surface area contributed by atoms with Gasteiger partial charge < -0.3 is 9.15 Å². The monoisotopic (exact) mass is 280 g/mol. The van der Waals surface area contributed by atoms with Gasteiger partial charge in [-0.05, 0) is 25.0 Å². The van der Waals surface area contributed by atoms with Crippen LogP contribution in [0.15, 0.2) is 22.8 Å². The Labute approximate surface area is 124 Å². The molecule has 0 fully saturated rings. The van der Waals surface area contributed by atoms with Crippen LogP contribution in [0.5, 0.6) is 0 Å². The predicted octanol–water partition coefficient (Wildman–Crippen LogP) is 5.76. The highest BCUT2D eigenvalue weighted by Crippen LogP contribution is 2.09. The molecule has 0 aromatic carbocycles. The summed E-state index contributed by atoms with van der Waals surface area (Å²) in [6.07, 6.45) is 16.1. The molecule has 0 N–H and O–H groups in total. The number of furan rings is 1. The Kier molecular flexibility index (Phi) is 11.4. The van der Waals surface area contributed by atoms with Crippen molar-refractivity contribution in [1.82, 2.24) is 0 Å². The van der Waals surface area contributed by atoms with E-state index in [9.17, 15) is 0 Å². The van der Waals surface area contributed by atoms with Crippen molar-refractivity contribution in [1.29, 1.82) is 0 Å². The highest BCUT2D eigenvalue weighted by atomic mass is 16.5. The molecule has 0 spiro atoms. The molecule has 0 unspecified atom stereocenters. The van der Waals surface area contributed by atoms with E-state index in [1.165, 1.54) is 57.8 Å². The number of ether oxygens (including phenoxy) is 1. The van der Waals surface area contributed by atoms with Crippen molar-refractivity contribution >= 4 is 0 Å². The van der Waals surface area contributed by atoms with Crippen molar-refractivity contribution in [3.8, 4) is 0 Å². The molecule has 0 amide bonds. The smallest absolute Gasteiger partial charge is 0.103 e. The first-order valence-electron chi connectivity index (χ1n) is 8.53. The molecule has 0 saturated carbocycles. The van der Waals surface area contributed by atoms with Gasteiger partial charge in [0.1, 0.15) is 5.76 Å². The van der Waals surface area contributed by atoms with E-state index in [0.717, 1.165) is 31.8 Å². The molecule has 0 aliphatic carbocycles. The third-order valence-electron chi connectivity index (χ3n) is 3.68. The van der Waals surface area contributed by atoms with E-state index in [1.807, 2.05) is 12.1 Å². The van der Waals surface area contributed by atoms with Crippen LogP contribution in [0.4, 0.5) is 0 Å². The molecule has 0 bridgehead atoms. The highest BCUT2D eigenvalue weighted by molar-refractivity contribution is 4.97. The van der Waals surface area contributed by atoms with E-state index in [4.69, 9.17) is 9.15 Å². The van der Waals surface area contributed by atoms with Crippen LogP contribution in [0.3, 0.4) is 0 Å². The minimum atomic E-state index is 0.859. The Morgan fingerprint density at radius 3 is 2.15 bits per heavy atom.